The van der Waals surface area contributed by atoms with E-state index >= 15 is 0 Å². The molecule has 1 saturated heterocycles. The molecular formula is C18H20BrN3O4S2. The van der Waals surface area contributed by atoms with Crippen molar-refractivity contribution in [3.05, 3.63) is 38.8 Å². The number of hydrogen-bond acceptors (Lipinski definition) is 6. The molecule has 28 heavy (non-hydrogen) atoms. The minimum atomic E-state index is -3.71. The van der Waals surface area contributed by atoms with Crippen LogP contribution in [0.2, 0.25) is 0 Å². The van der Waals surface area contributed by atoms with Gasteiger partial charge >= 0.3 is 0 Å². The van der Waals surface area contributed by atoms with Gasteiger partial charge in [-0.2, -0.15) is 4.31 Å². The maximum absolute atomic E-state index is 13.0. The number of ether oxygens (including phenoxy) is 1. The number of carbonyl (C=O) groups is 1. The molecule has 0 atom stereocenters. The first-order chi connectivity index (χ1) is 13.4. The predicted octanol–water partition coefficient (Wildman–Crippen LogP) is 3.06. The van der Waals surface area contributed by atoms with Crippen LogP contribution in [0.25, 0.3) is 0 Å². The van der Waals surface area contributed by atoms with Crippen molar-refractivity contribution in [2.75, 3.05) is 31.6 Å². The van der Waals surface area contributed by atoms with Crippen molar-refractivity contribution in [2.45, 2.75) is 30.6 Å². The first kappa shape index (κ1) is 20.0. The SMILES string of the molecule is O=C(Nc1nc2c(s1)CCCC2)c1ccc(Br)c(S(=O)(=O)N2CCOCC2)c1. The highest BCUT2D eigenvalue weighted by molar-refractivity contribution is 9.10. The van der Waals surface area contributed by atoms with Crippen LogP contribution in [0.15, 0.2) is 27.6 Å². The van der Waals surface area contributed by atoms with Gasteiger partial charge in [0.05, 0.1) is 23.8 Å². The highest BCUT2D eigenvalue weighted by atomic mass is 79.9. The number of thiazole rings is 1. The van der Waals surface area contributed by atoms with Crippen molar-refractivity contribution in [3.63, 3.8) is 0 Å². The van der Waals surface area contributed by atoms with Gasteiger partial charge in [0, 0.05) is 28.0 Å². The fraction of sp³-hybridized carbons (Fsp3) is 0.444. The zero-order chi connectivity index (χ0) is 19.7. The summed E-state index contributed by atoms with van der Waals surface area (Å²) in [6.45, 7) is 1.34. The molecule has 0 saturated carbocycles. The lowest BCUT2D eigenvalue weighted by Gasteiger charge is -2.26. The summed E-state index contributed by atoms with van der Waals surface area (Å²) in [7, 11) is -3.71. The van der Waals surface area contributed by atoms with Crippen LogP contribution >= 0.6 is 27.3 Å². The van der Waals surface area contributed by atoms with E-state index in [1.807, 2.05) is 0 Å². The van der Waals surface area contributed by atoms with Crippen LogP contribution in [0, 0.1) is 0 Å². The van der Waals surface area contributed by atoms with E-state index in [9.17, 15) is 13.2 Å². The predicted molar refractivity (Wildman–Crippen MR) is 110 cm³/mol. The summed E-state index contributed by atoms with van der Waals surface area (Å²) in [6.07, 6.45) is 4.22. The van der Waals surface area contributed by atoms with Gasteiger partial charge in [0.1, 0.15) is 0 Å². The summed E-state index contributed by atoms with van der Waals surface area (Å²) >= 11 is 4.81. The summed E-state index contributed by atoms with van der Waals surface area (Å²) in [5.41, 5.74) is 1.35. The van der Waals surface area contributed by atoms with Gasteiger partial charge in [0.2, 0.25) is 10.0 Å². The largest absolute Gasteiger partial charge is 0.379 e. The van der Waals surface area contributed by atoms with Gasteiger partial charge in [-0.3, -0.25) is 10.1 Å². The molecule has 0 radical (unpaired) electrons. The molecule has 1 N–H and O–H groups in total. The van der Waals surface area contributed by atoms with Gasteiger partial charge in [-0.15, -0.1) is 11.3 Å². The van der Waals surface area contributed by atoms with Crippen LogP contribution in [0.4, 0.5) is 5.13 Å². The maximum Gasteiger partial charge on any atom is 0.257 e. The Morgan fingerprint density at radius 3 is 2.71 bits per heavy atom. The lowest BCUT2D eigenvalue weighted by atomic mass is 10.0. The number of aryl methyl sites for hydroxylation is 2. The molecule has 2 aliphatic rings. The molecule has 1 aliphatic heterocycles. The number of nitrogens with zero attached hydrogens (tertiary/aromatic N) is 2. The smallest absolute Gasteiger partial charge is 0.257 e. The molecule has 0 spiro atoms. The van der Waals surface area contributed by atoms with Crippen LogP contribution < -0.4 is 5.32 Å². The van der Waals surface area contributed by atoms with Gasteiger partial charge in [-0.25, -0.2) is 13.4 Å². The summed E-state index contributed by atoms with van der Waals surface area (Å²) in [5.74, 6) is -0.364. The molecule has 4 rings (SSSR count). The van der Waals surface area contributed by atoms with E-state index in [4.69, 9.17) is 4.74 Å². The number of amides is 1. The number of sulfonamides is 1. The number of halogens is 1. The lowest BCUT2D eigenvalue weighted by Crippen LogP contribution is -2.40. The first-order valence-electron chi connectivity index (χ1n) is 9.12. The first-order valence-corrected chi connectivity index (χ1v) is 12.2. The number of hydrogen-bond donors (Lipinski definition) is 1. The molecule has 0 unspecified atom stereocenters. The van der Waals surface area contributed by atoms with E-state index in [1.54, 1.807) is 12.1 Å². The fourth-order valence-electron chi connectivity index (χ4n) is 3.34. The Bertz CT molecular complexity index is 977. The Morgan fingerprint density at radius 2 is 1.96 bits per heavy atom. The molecular weight excluding hydrogens is 466 g/mol. The third-order valence-electron chi connectivity index (χ3n) is 4.85. The molecule has 1 aromatic carbocycles. The monoisotopic (exact) mass is 485 g/mol. The van der Waals surface area contributed by atoms with Crippen molar-refractivity contribution in [1.82, 2.24) is 9.29 Å². The van der Waals surface area contributed by atoms with Gasteiger partial charge in [-0.1, -0.05) is 0 Å². The van der Waals surface area contributed by atoms with E-state index in [0.29, 0.717) is 35.9 Å². The Morgan fingerprint density at radius 1 is 1.21 bits per heavy atom. The van der Waals surface area contributed by atoms with Crippen LogP contribution in [-0.2, 0) is 27.6 Å². The molecule has 10 heteroatoms. The number of aromatic nitrogens is 1. The van der Waals surface area contributed by atoms with Gasteiger partial charge in [0.15, 0.2) is 5.13 Å². The normalized spacial score (nSPS) is 17.9. The summed E-state index contributed by atoms with van der Waals surface area (Å²) in [5, 5.41) is 3.38. The van der Waals surface area contributed by atoms with Crippen molar-refractivity contribution in [3.8, 4) is 0 Å². The summed E-state index contributed by atoms with van der Waals surface area (Å²) < 4.78 is 33.0. The molecule has 1 aliphatic carbocycles. The summed E-state index contributed by atoms with van der Waals surface area (Å²) in [6, 6.07) is 4.61. The number of carbonyl (C=O) groups excluding carboxylic acids is 1. The third-order valence-corrected chi connectivity index (χ3v) is 8.81. The molecule has 0 bridgehead atoms. The highest BCUT2D eigenvalue weighted by Crippen LogP contribution is 2.31. The molecule has 1 aromatic heterocycles. The number of benzene rings is 1. The fourth-order valence-corrected chi connectivity index (χ4v) is 6.75. The second-order valence-electron chi connectivity index (χ2n) is 6.71. The van der Waals surface area contributed by atoms with Gasteiger partial charge < -0.3 is 4.74 Å². The Kier molecular flexibility index (Phi) is 5.84. The lowest BCUT2D eigenvalue weighted by molar-refractivity contribution is 0.0730. The van der Waals surface area contributed by atoms with E-state index in [1.165, 1.54) is 26.6 Å². The third kappa shape index (κ3) is 4.02. The molecule has 1 amide bonds. The van der Waals surface area contributed by atoms with E-state index in [2.05, 4.69) is 26.2 Å². The minimum Gasteiger partial charge on any atom is -0.379 e. The number of morpholine rings is 1. The number of anilines is 1. The quantitative estimate of drug-likeness (QED) is 0.718. The second kappa shape index (κ2) is 8.19. The number of nitrogens with one attached hydrogen (secondary N) is 1. The average molecular weight is 486 g/mol. The van der Waals surface area contributed by atoms with Crippen LogP contribution in [0.5, 0.6) is 0 Å². The Balaban J connectivity index is 1.57. The van der Waals surface area contributed by atoms with Crippen molar-refractivity contribution >= 4 is 48.3 Å². The zero-order valence-electron chi connectivity index (χ0n) is 15.1. The highest BCUT2D eigenvalue weighted by Gasteiger charge is 2.29. The number of fused-ring (bicyclic) bond motifs is 1. The van der Waals surface area contributed by atoms with Gasteiger partial charge in [-0.05, 0) is 59.8 Å². The van der Waals surface area contributed by atoms with Crippen LogP contribution in [-0.4, -0.2) is 49.9 Å². The zero-order valence-corrected chi connectivity index (χ0v) is 18.3. The number of rotatable bonds is 4. The Labute approximate surface area is 176 Å². The molecule has 7 nitrogen and oxygen atoms in total. The van der Waals surface area contributed by atoms with Crippen molar-refractivity contribution in [2.24, 2.45) is 0 Å². The average Bonchev–Trinajstić information content (AvgIpc) is 3.11. The molecule has 2 aromatic rings. The van der Waals surface area contributed by atoms with E-state index in [0.717, 1.165) is 31.4 Å². The van der Waals surface area contributed by atoms with E-state index < -0.39 is 10.0 Å². The summed E-state index contributed by atoms with van der Waals surface area (Å²) in [4.78, 5) is 18.5. The topological polar surface area (TPSA) is 88.6 Å². The molecule has 1 fully saturated rings. The maximum atomic E-state index is 13.0. The van der Waals surface area contributed by atoms with Crippen molar-refractivity contribution in [1.29, 1.82) is 0 Å². The minimum absolute atomic E-state index is 0.0838. The van der Waals surface area contributed by atoms with Gasteiger partial charge in [0.25, 0.3) is 5.91 Å². The van der Waals surface area contributed by atoms with E-state index in [-0.39, 0.29) is 16.4 Å². The molecule has 150 valence electrons. The van der Waals surface area contributed by atoms with Crippen LogP contribution in [0.1, 0.15) is 33.8 Å². The van der Waals surface area contributed by atoms with Crippen LogP contribution in [0.3, 0.4) is 0 Å². The second-order valence-corrected chi connectivity index (χ2v) is 10.6. The molecule has 2 heterocycles. The van der Waals surface area contributed by atoms with Crippen molar-refractivity contribution < 1.29 is 17.9 Å². The standard InChI is InChI=1S/C18H20BrN3O4S2/c19-13-6-5-12(11-16(13)28(24,25)22-7-9-26-10-8-22)17(23)21-18-20-14-3-1-2-4-15(14)27-18/h5-6,11H,1-4,7-10H2,(H,20,21,23). The Hall–Kier alpha value is -1.33.